The maximum absolute atomic E-state index is 5.23. The summed E-state index contributed by atoms with van der Waals surface area (Å²) < 4.78 is 5.23. The van der Waals surface area contributed by atoms with Crippen LogP contribution in [0.15, 0.2) is 24.3 Å². The first kappa shape index (κ1) is 14.0. The Balaban J connectivity index is 2.38. The molecule has 0 spiro atoms. The summed E-state index contributed by atoms with van der Waals surface area (Å²) in [5.74, 6) is 1.72. The zero-order chi connectivity index (χ0) is 12.7. The lowest BCUT2D eigenvalue weighted by Gasteiger charge is -2.15. The van der Waals surface area contributed by atoms with Crippen LogP contribution in [0.3, 0.4) is 0 Å². The molecule has 0 bridgehead atoms. The van der Waals surface area contributed by atoms with E-state index in [1.807, 2.05) is 12.1 Å². The maximum atomic E-state index is 5.23. The van der Waals surface area contributed by atoms with Crippen molar-refractivity contribution in [2.45, 2.75) is 39.7 Å². The highest BCUT2D eigenvalue weighted by atomic mass is 16.5. The van der Waals surface area contributed by atoms with E-state index in [1.54, 1.807) is 7.11 Å². The molecule has 0 saturated heterocycles. The van der Waals surface area contributed by atoms with E-state index in [4.69, 9.17) is 4.74 Å². The molecular formula is C15H25NO. The molecule has 0 amide bonds. The van der Waals surface area contributed by atoms with Gasteiger partial charge in [0.25, 0.3) is 0 Å². The van der Waals surface area contributed by atoms with Gasteiger partial charge < -0.3 is 10.1 Å². The summed E-state index contributed by atoms with van der Waals surface area (Å²) in [4.78, 5) is 0. The van der Waals surface area contributed by atoms with Crippen molar-refractivity contribution in [3.63, 3.8) is 0 Å². The zero-order valence-corrected chi connectivity index (χ0v) is 11.5. The van der Waals surface area contributed by atoms with Crippen LogP contribution in [0.4, 0.5) is 0 Å². The standard InChI is InChI=1S/C15H25NO/c1-12(2)7-6-10-16-13(3)14-8-5-9-15(11-14)17-4/h5,8-9,11-13,16H,6-7,10H2,1-4H3/t13-/m1/s1. The van der Waals surface area contributed by atoms with Crippen molar-refractivity contribution in [1.29, 1.82) is 0 Å². The Kier molecular flexibility index (Phi) is 6.06. The molecule has 0 aromatic heterocycles. The third-order valence-electron chi connectivity index (χ3n) is 3.00. The molecule has 0 saturated carbocycles. The van der Waals surface area contributed by atoms with Gasteiger partial charge in [-0.1, -0.05) is 26.0 Å². The Morgan fingerprint density at radius 2 is 2.00 bits per heavy atom. The summed E-state index contributed by atoms with van der Waals surface area (Å²) in [5.41, 5.74) is 1.29. The topological polar surface area (TPSA) is 21.3 Å². The van der Waals surface area contributed by atoms with E-state index in [0.717, 1.165) is 18.2 Å². The van der Waals surface area contributed by atoms with Gasteiger partial charge in [0.15, 0.2) is 0 Å². The van der Waals surface area contributed by atoms with Crippen molar-refractivity contribution in [3.05, 3.63) is 29.8 Å². The van der Waals surface area contributed by atoms with Crippen LogP contribution in [0.1, 0.15) is 45.2 Å². The molecule has 2 nitrogen and oxygen atoms in total. The van der Waals surface area contributed by atoms with Gasteiger partial charge in [0.2, 0.25) is 0 Å². The molecule has 0 aliphatic carbocycles. The molecule has 96 valence electrons. The monoisotopic (exact) mass is 235 g/mol. The average molecular weight is 235 g/mol. The molecule has 0 aliphatic heterocycles. The average Bonchev–Trinajstić information content (AvgIpc) is 2.34. The Bertz CT molecular complexity index is 322. The summed E-state index contributed by atoms with van der Waals surface area (Å²) in [6.07, 6.45) is 2.53. The van der Waals surface area contributed by atoms with Gasteiger partial charge >= 0.3 is 0 Å². The molecule has 1 aromatic rings. The Labute approximate surface area is 105 Å². The summed E-state index contributed by atoms with van der Waals surface area (Å²) in [6.45, 7) is 7.82. The highest BCUT2D eigenvalue weighted by molar-refractivity contribution is 5.30. The minimum atomic E-state index is 0.386. The molecule has 1 atom stereocenters. The summed E-state index contributed by atoms with van der Waals surface area (Å²) in [6, 6.07) is 8.65. The quantitative estimate of drug-likeness (QED) is 0.726. The maximum Gasteiger partial charge on any atom is 0.119 e. The Morgan fingerprint density at radius 1 is 1.24 bits per heavy atom. The van der Waals surface area contributed by atoms with Crippen LogP contribution in [0.2, 0.25) is 0 Å². The van der Waals surface area contributed by atoms with E-state index >= 15 is 0 Å². The van der Waals surface area contributed by atoms with Gasteiger partial charge in [0, 0.05) is 6.04 Å². The second-order valence-electron chi connectivity index (χ2n) is 4.99. The third-order valence-corrected chi connectivity index (χ3v) is 3.00. The number of methoxy groups -OCH3 is 1. The molecular weight excluding hydrogens is 210 g/mol. The highest BCUT2D eigenvalue weighted by Crippen LogP contribution is 2.18. The molecule has 17 heavy (non-hydrogen) atoms. The van der Waals surface area contributed by atoms with Crippen molar-refractivity contribution < 1.29 is 4.74 Å². The van der Waals surface area contributed by atoms with Crippen LogP contribution in [0.5, 0.6) is 5.75 Å². The minimum absolute atomic E-state index is 0.386. The fourth-order valence-electron chi connectivity index (χ4n) is 1.86. The highest BCUT2D eigenvalue weighted by Gasteiger charge is 2.05. The Morgan fingerprint density at radius 3 is 2.65 bits per heavy atom. The lowest BCUT2D eigenvalue weighted by atomic mass is 10.1. The second kappa shape index (κ2) is 7.33. The van der Waals surface area contributed by atoms with E-state index in [-0.39, 0.29) is 0 Å². The van der Waals surface area contributed by atoms with Crippen molar-refractivity contribution in [1.82, 2.24) is 5.32 Å². The number of hydrogen-bond donors (Lipinski definition) is 1. The molecule has 1 aromatic carbocycles. The van der Waals surface area contributed by atoms with Crippen LogP contribution in [0, 0.1) is 5.92 Å². The Hall–Kier alpha value is -1.02. The van der Waals surface area contributed by atoms with Crippen molar-refractivity contribution in [2.24, 2.45) is 5.92 Å². The second-order valence-corrected chi connectivity index (χ2v) is 4.99. The largest absolute Gasteiger partial charge is 0.497 e. The zero-order valence-electron chi connectivity index (χ0n) is 11.5. The first-order valence-corrected chi connectivity index (χ1v) is 6.50. The van der Waals surface area contributed by atoms with Gasteiger partial charge in [-0.25, -0.2) is 0 Å². The molecule has 1 rings (SSSR count). The number of ether oxygens (including phenoxy) is 1. The van der Waals surface area contributed by atoms with Gasteiger partial charge in [-0.3, -0.25) is 0 Å². The number of nitrogens with one attached hydrogen (secondary N) is 1. The van der Waals surface area contributed by atoms with Crippen LogP contribution in [-0.4, -0.2) is 13.7 Å². The fraction of sp³-hybridized carbons (Fsp3) is 0.600. The summed E-state index contributed by atoms with van der Waals surface area (Å²) in [5, 5.41) is 3.55. The third kappa shape index (κ3) is 5.22. The molecule has 0 heterocycles. The number of hydrogen-bond acceptors (Lipinski definition) is 2. The van der Waals surface area contributed by atoms with E-state index in [2.05, 4.69) is 38.2 Å². The van der Waals surface area contributed by atoms with Crippen molar-refractivity contribution in [2.75, 3.05) is 13.7 Å². The van der Waals surface area contributed by atoms with Gasteiger partial charge in [-0.15, -0.1) is 0 Å². The molecule has 0 fully saturated rings. The lowest BCUT2D eigenvalue weighted by Crippen LogP contribution is -2.20. The number of rotatable bonds is 7. The molecule has 2 heteroatoms. The summed E-state index contributed by atoms with van der Waals surface area (Å²) >= 11 is 0. The van der Waals surface area contributed by atoms with Crippen molar-refractivity contribution >= 4 is 0 Å². The predicted octanol–water partition coefficient (Wildman–Crippen LogP) is 3.78. The van der Waals surface area contributed by atoms with Gasteiger partial charge in [0.1, 0.15) is 5.75 Å². The predicted molar refractivity (Wildman–Crippen MR) is 73.5 cm³/mol. The SMILES string of the molecule is COc1cccc([C@@H](C)NCCCC(C)C)c1. The van der Waals surface area contributed by atoms with Gasteiger partial charge in [-0.05, 0) is 49.9 Å². The first-order chi connectivity index (χ1) is 8.13. The fourth-order valence-corrected chi connectivity index (χ4v) is 1.86. The van der Waals surface area contributed by atoms with Crippen LogP contribution in [0.25, 0.3) is 0 Å². The van der Waals surface area contributed by atoms with E-state index in [0.29, 0.717) is 6.04 Å². The normalized spacial score (nSPS) is 12.8. The molecule has 0 radical (unpaired) electrons. The van der Waals surface area contributed by atoms with Crippen LogP contribution >= 0.6 is 0 Å². The van der Waals surface area contributed by atoms with Gasteiger partial charge in [-0.2, -0.15) is 0 Å². The smallest absolute Gasteiger partial charge is 0.119 e. The van der Waals surface area contributed by atoms with Crippen LogP contribution in [-0.2, 0) is 0 Å². The van der Waals surface area contributed by atoms with Gasteiger partial charge in [0.05, 0.1) is 7.11 Å². The van der Waals surface area contributed by atoms with Crippen molar-refractivity contribution in [3.8, 4) is 5.75 Å². The first-order valence-electron chi connectivity index (χ1n) is 6.50. The van der Waals surface area contributed by atoms with E-state index in [1.165, 1.54) is 18.4 Å². The minimum Gasteiger partial charge on any atom is -0.497 e. The van der Waals surface area contributed by atoms with Crippen LogP contribution < -0.4 is 10.1 Å². The van der Waals surface area contributed by atoms with E-state index in [9.17, 15) is 0 Å². The number of benzene rings is 1. The molecule has 0 aliphatic rings. The van der Waals surface area contributed by atoms with E-state index < -0.39 is 0 Å². The molecule has 1 N–H and O–H groups in total. The molecule has 0 unspecified atom stereocenters. The lowest BCUT2D eigenvalue weighted by molar-refractivity contribution is 0.413. The summed E-state index contributed by atoms with van der Waals surface area (Å²) in [7, 11) is 1.71.